The fourth-order valence-corrected chi connectivity index (χ4v) is 2.61. The summed E-state index contributed by atoms with van der Waals surface area (Å²) in [5.41, 5.74) is 0.0244. The van der Waals surface area contributed by atoms with Crippen molar-refractivity contribution >= 4 is 34.9 Å². The Labute approximate surface area is 102 Å². The van der Waals surface area contributed by atoms with E-state index in [4.69, 9.17) is 11.6 Å². The maximum Gasteiger partial charge on any atom is 0.311 e. The Morgan fingerprint density at radius 3 is 2.75 bits per heavy atom. The quantitative estimate of drug-likeness (QED) is 0.463. The zero-order chi connectivity index (χ0) is 11.5. The third-order valence-corrected chi connectivity index (χ3v) is 3.48. The summed E-state index contributed by atoms with van der Waals surface area (Å²) >= 11 is 7.61. The molecule has 1 aliphatic rings. The van der Waals surface area contributed by atoms with Crippen molar-refractivity contribution in [3.05, 3.63) is 27.4 Å². The Kier molecular flexibility index (Phi) is 3.50. The highest BCUT2D eigenvalue weighted by molar-refractivity contribution is 7.99. The smallest absolute Gasteiger partial charge is 0.311 e. The summed E-state index contributed by atoms with van der Waals surface area (Å²) in [5, 5.41) is 11.2. The molecule has 86 valence electrons. The average Bonchev–Trinajstić information content (AvgIpc) is 2.29. The van der Waals surface area contributed by atoms with Gasteiger partial charge < -0.3 is 4.90 Å². The van der Waals surface area contributed by atoms with Crippen LogP contribution in [0, 0.1) is 10.1 Å². The molecule has 0 aromatic carbocycles. The monoisotopic (exact) mass is 259 g/mol. The molecule has 2 rings (SSSR count). The van der Waals surface area contributed by atoms with Gasteiger partial charge in [-0.15, -0.1) is 0 Å². The van der Waals surface area contributed by atoms with Gasteiger partial charge >= 0.3 is 5.69 Å². The molecule has 5 nitrogen and oxygen atoms in total. The van der Waals surface area contributed by atoms with E-state index < -0.39 is 4.92 Å². The highest BCUT2D eigenvalue weighted by Gasteiger charge is 2.22. The van der Waals surface area contributed by atoms with Crippen molar-refractivity contribution in [3.63, 3.8) is 0 Å². The van der Waals surface area contributed by atoms with E-state index in [9.17, 15) is 10.1 Å². The molecule has 2 heterocycles. The van der Waals surface area contributed by atoms with Crippen molar-refractivity contribution in [2.24, 2.45) is 0 Å². The van der Waals surface area contributed by atoms with Crippen LogP contribution in [0.25, 0.3) is 0 Å². The van der Waals surface area contributed by atoms with Crippen molar-refractivity contribution < 1.29 is 4.92 Å². The third kappa shape index (κ3) is 2.38. The summed E-state index contributed by atoms with van der Waals surface area (Å²) in [7, 11) is 0. The van der Waals surface area contributed by atoms with Crippen molar-refractivity contribution in [1.82, 2.24) is 4.98 Å². The number of nitrogens with zero attached hydrogens (tertiary/aromatic N) is 3. The second-order valence-corrected chi connectivity index (χ2v) is 4.95. The molecule has 0 aliphatic carbocycles. The largest absolute Gasteiger partial charge is 0.349 e. The number of rotatable bonds is 2. The van der Waals surface area contributed by atoms with E-state index in [0.29, 0.717) is 11.0 Å². The number of pyridine rings is 1. The summed E-state index contributed by atoms with van der Waals surface area (Å²) in [5.74, 6) is 2.31. The summed E-state index contributed by atoms with van der Waals surface area (Å²) in [4.78, 5) is 16.4. The molecular weight excluding hydrogens is 250 g/mol. The molecule has 1 aromatic rings. The Morgan fingerprint density at radius 1 is 1.44 bits per heavy atom. The van der Waals surface area contributed by atoms with Crippen molar-refractivity contribution in [3.8, 4) is 0 Å². The predicted molar refractivity (Wildman–Crippen MR) is 65.4 cm³/mol. The minimum Gasteiger partial charge on any atom is -0.349 e. The van der Waals surface area contributed by atoms with E-state index in [1.807, 2.05) is 16.7 Å². The fourth-order valence-electron chi connectivity index (χ4n) is 1.57. The molecule has 1 aromatic heterocycles. The van der Waals surface area contributed by atoms with Crippen LogP contribution in [0.3, 0.4) is 0 Å². The molecule has 0 unspecified atom stereocenters. The van der Waals surface area contributed by atoms with Gasteiger partial charge in [0.15, 0.2) is 0 Å². The van der Waals surface area contributed by atoms with E-state index in [0.717, 1.165) is 24.6 Å². The number of nitro groups is 1. The number of anilines is 1. The lowest BCUT2D eigenvalue weighted by atomic mass is 10.3. The molecule has 7 heteroatoms. The Hall–Kier alpha value is -1.01. The summed E-state index contributed by atoms with van der Waals surface area (Å²) in [6, 6.07) is 2.86. The van der Waals surface area contributed by atoms with Crippen molar-refractivity contribution in [2.45, 2.75) is 0 Å². The lowest BCUT2D eigenvalue weighted by molar-refractivity contribution is -0.384. The van der Waals surface area contributed by atoms with E-state index in [1.54, 1.807) is 0 Å². The fraction of sp³-hybridized carbons (Fsp3) is 0.444. The first-order chi connectivity index (χ1) is 7.68. The molecule has 1 aliphatic heterocycles. The van der Waals surface area contributed by atoms with Crippen LogP contribution in [0.1, 0.15) is 0 Å². The maximum atomic E-state index is 10.9. The molecule has 0 N–H and O–H groups in total. The highest BCUT2D eigenvalue weighted by Crippen LogP contribution is 2.29. The van der Waals surface area contributed by atoms with Crippen LogP contribution in [0.2, 0.25) is 5.15 Å². The predicted octanol–water partition coefficient (Wildman–Crippen LogP) is 2.20. The normalized spacial score (nSPS) is 16.2. The number of hydrogen-bond donors (Lipinski definition) is 0. The maximum absolute atomic E-state index is 10.9. The minimum atomic E-state index is -0.416. The van der Waals surface area contributed by atoms with E-state index in [1.165, 1.54) is 12.1 Å². The second-order valence-electron chi connectivity index (χ2n) is 3.33. The van der Waals surface area contributed by atoms with Gasteiger partial charge in [0, 0.05) is 30.7 Å². The van der Waals surface area contributed by atoms with Gasteiger partial charge in [0.1, 0.15) is 5.15 Å². The number of halogens is 1. The van der Waals surface area contributed by atoms with Crippen LogP contribution in [-0.4, -0.2) is 34.5 Å². The second kappa shape index (κ2) is 4.88. The van der Waals surface area contributed by atoms with Gasteiger partial charge in [-0.3, -0.25) is 10.1 Å². The molecule has 0 atom stereocenters. The zero-order valence-corrected chi connectivity index (χ0v) is 10.00. The van der Waals surface area contributed by atoms with Crippen molar-refractivity contribution in [1.29, 1.82) is 0 Å². The third-order valence-electron chi connectivity index (χ3n) is 2.33. The molecular formula is C9H10ClN3O2S. The van der Waals surface area contributed by atoms with Gasteiger partial charge in [0.05, 0.1) is 4.92 Å². The SMILES string of the molecule is O=[N+]([O-])c1ccc(Cl)nc1N1CCSCC1. The van der Waals surface area contributed by atoms with Gasteiger partial charge in [-0.25, -0.2) is 4.98 Å². The number of aromatic nitrogens is 1. The first kappa shape index (κ1) is 11.5. The van der Waals surface area contributed by atoms with Gasteiger partial charge in [0.2, 0.25) is 5.82 Å². The van der Waals surface area contributed by atoms with Crippen LogP contribution >= 0.6 is 23.4 Å². The number of hydrogen-bond acceptors (Lipinski definition) is 5. The van der Waals surface area contributed by atoms with Crippen LogP contribution in [0.15, 0.2) is 12.1 Å². The van der Waals surface area contributed by atoms with Gasteiger partial charge in [-0.05, 0) is 6.07 Å². The average molecular weight is 260 g/mol. The first-order valence-corrected chi connectivity index (χ1v) is 6.35. The summed E-state index contributed by atoms with van der Waals surface area (Å²) < 4.78 is 0. The first-order valence-electron chi connectivity index (χ1n) is 4.82. The van der Waals surface area contributed by atoms with Crippen LogP contribution < -0.4 is 4.90 Å². The Morgan fingerprint density at radius 2 is 2.12 bits per heavy atom. The van der Waals surface area contributed by atoms with Crippen LogP contribution in [0.5, 0.6) is 0 Å². The van der Waals surface area contributed by atoms with Crippen molar-refractivity contribution in [2.75, 3.05) is 29.5 Å². The standard InChI is InChI=1S/C9H10ClN3O2S/c10-8-2-1-7(13(14)15)9(11-8)12-3-5-16-6-4-12/h1-2H,3-6H2. The molecule has 1 saturated heterocycles. The van der Waals surface area contributed by atoms with Gasteiger partial charge in [0.25, 0.3) is 0 Å². The lowest BCUT2D eigenvalue weighted by Crippen LogP contribution is -2.33. The van der Waals surface area contributed by atoms with Gasteiger partial charge in [-0.1, -0.05) is 11.6 Å². The molecule has 0 bridgehead atoms. The van der Waals surface area contributed by atoms with E-state index >= 15 is 0 Å². The molecule has 0 saturated carbocycles. The van der Waals surface area contributed by atoms with Gasteiger partial charge in [-0.2, -0.15) is 11.8 Å². The van der Waals surface area contributed by atoms with Crippen LogP contribution in [-0.2, 0) is 0 Å². The van der Waals surface area contributed by atoms with E-state index in [2.05, 4.69) is 4.98 Å². The molecule has 16 heavy (non-hydrogen) atoms. The molecule has 0 amide bonds. The Balaban J connectivity index is 2.36. The topological polar surface area (TPSA) is 59.3 Å². The molecule has 1 fully saturated rings. The zero-order valence-electron chi connectivity index (χ0n) is 8.43. The minimum absolute atomic E-state index is 0.0244. The summed E-state index contributed by atoms with van der Waals surface area (Å²) in [6.45, 7) is 1.55. The van der Waals surface area contributed by atoms with E-state index in [-0.39, 0.29) is 5.69 Å². The van der Waals surface area contributed by atoms with Crippen LogP contribution in [0.4, 0.5) is 11.5 Å². The summed E-state index contributed by atoms with van der Waals surface area (Å²) in [6.07, 6.45) is 0. The lowest BCUT2D eigenvalue weighted by Gasteiger charge is -2.26. The Bertz CT molecular complexity index is 410. The number of thioether (sulfide) groups is 1. The molecule has 0 radical (unpaired) electrons. The highest BCUT2D eigenvalue weighted by atomic mass is 35.5. The molecule has 0 spiro atoms.